The lowest BCUT2D eigenvalue weighted by Gasteiger charge is -2.22. The van der Waals surface area contributed by atoms with E-state index in [2.05, 4.69) is 9.47 Å². The van der Waals surface area contributed by atoms with Crippen molar-refractivity contribution in [1.29, 1.82) is 0 Å². The van der Waals surface area contributed by atoms with Crippen LogP contribution in [0.4, 0.5) is 61.5 Å². The van der Waals surface area contributed by atoms with Gasteiger partial charge in [-0.05, 0) is 48.2 Å². The van der Waals surface area contributed by atoms with Gasteiger partial charge in [-0.25, -0.2) is 30.7 Å². The monoisotopic (exact) mass is 702 g/mol. The molecule has 16 heteroatoms. The fraction of sp³-hybridized carbons (Fsp3) is 0.250. The van der Waals surface area contributed by atoms with Crippen molar-refractivity contribution in [2.45, 2.75) is 51.0 Å². The molecule has 0 saturated carbocycles. The van der Waals surface area contributed by atoms with Crippen LogP contribution in [-0.4, -0.2) is 0 Å². The third kappa shape index (κ3) is 7.79. The minimum Gasteiger partial charge on any atom is -0.429 e. The summed E-state index contributed by atoms with van der Waals surface area (Å²) in [5.74, 6) is -17.0. The minimum absolute atomic E-state index is 0.0305. The van der Waals surface area contributed by atoms with Crippen molar-refractivity contribution in [3.63, 3.8) is 0 Å². The molecule has 0 heterocycles. The summed E-state index contributed by atoms with van der Waals surface area (Å²) < 4.78 is 207. The molecule has 0 atom stereocenters. The van der Waals surface area contributed by atoms with Gasteiger partial charge in [0.2, 0.25) is 0 Å². The first kappa shape index (κ1) is 36.3. The van der Waals surface area contributed by atoms with Gasteiger partial charge >= 0.3 is 18.4 Å². The third-order valence-corrected chi connectivity index (χ3v) is 6.84. The standard InChI is InChI=1S/C32H20F14O2/c1-2-3-4-5-15-6-7-19(20(33)8-15)31(43,44)47-18-13-25(38)29(26(39)14-18)32(45,46)48-17-11-21(34)27(22(35)12-17)16-9-23(36)28(24(37)10-16)30(40,41)42/h6-14H,2-5H2,1H3. The fourth-order valence-corrected chi connectivity index (χ4v) is 4.69. The molecule has 0 radical (unpaired) electrons. The molecule has 0 spiro atoms. The molecule has 2 nitrogen and oxygen atoms in total. The van der Waals surface area contributed by atoms with Gasteiger partial charge in [0.05, 0.1) is 11.1 Å². The Morgan fingerprint density at radius 3 is 1.48 bits per heavy atom. The summed E-state index contributed by atoms with van der Waals surface area (Å²) in [6, 6.07) is 2.27. The van der Waals surface area contributed by atoms with Crippen LogP contribution >= 0.6 is 0 Å². The number of hydrogen-bond acceptors (Lipinski definition) is 2. The highest BCUT2D eigenvalue weighted by Crippen LogP contribution is 2.42. The van der Waals surface area contributed by atoms with Crippen LogP contribution in [0.15, 0.2) is 54.6 Å². The molecule has 4 aromatic rings. The predicted octanol–water partition coefficient (Wildman–Crippen LogP) is 11.3. The molecule has 0 bridgehead atoms. The Balaban J connectivity index is 1.58. The number of aryl methyl sites for hydroxylation is 1. The van der Waals surface area contributed by atoms with Crippen LogP contribution in [0.5, 0.6) is 11.5 Å². The summed E-state index contributed by atoms with van der Waals surface area (Å²) in [5.41, 5.74) is -8.03. The zero-order valence-electron chi connectivity index (χ0n) is 24.1. The zero-order valence-corrected chi connectivity index (χ0v) is 24.1. The van der Waals surface area contributed by atoms with E-state index >= 15 is 0 Å². The van der Waals surface area contributed by atoms with E-state index < -0.39 is 98.4 Å². The van der Waals surface area contributed by atoms with Crippen LogP contribution in [0.3, 0.4) is 0 Å². The van der Waals surface area contributed by atoms with Crippen molar-refractivity contribution >= 4 is 0 Å². The summed E-state index contributed by atoms with van der Waals surface area (Å²) in [7, 11) is 0. The maximum Gasteiger partial charge on any atom is 0.432 e. The lowest BCUT2D eigenvalue weighted by molar-refractivity contribution is -0.191. The normalized spacial score (nSPS) is 12.4. The van der Waals surface area contributed by atoms with Crippen LogP contribution in [0.2, 0.25) is 0 Å². The number of unbranched alkanes of at least 4 members (excludes halogenated alkanes) is 2. The average molecular weight is 702 g/mol. The van der Waals surface area contributed by atoms with E-state index in [4.69, 9.17) is 0 Å². The van der Waals surface area contributed by atoms with E-state index in [1.807, 2.05) is 6.92 Å². The second-order valence-corrected chi connectivity index (χ2v) is 10.3. The van der Waals surface area contributed by atoms with E-state index in [-0.39, 0.29) is 36.4 Å². The van der Waals surface area contributed by atoms with Gasteiger partial charge in [-0.15, -0.1) is 0 Å². The van der Waals surface area contributed by atoms with Crippen LogP contribution in [0, 0.1) is 40.7 Å². The van der Waals surface area contributed by atoms with E-state index in [9.17, 15) is 61.5 Å². The van der Waals surface area contributed by atoms with Gasteiger partial charge in [-0.1, -0.05) is 25.8 Å². The van der Waals surface area contributed by atoms with Crippen molar-refractivity contribution in [3.05, 3.63) is 118 Å². The molecule has 0 fully saturated rings. The maximum absolute atomic E-state index is 14.9. The molecule has 0 unspecified atom stereocenters. The molecule has 258 valence electrons. The van der Waals surface area contributed by atoms with Gasteiger partial charge in [0.25, 0.3) is 0 Å². The Morgan fingerprint density at radius 1 is 0.521 bits per heavy atom. The molecule has 0 amide bonds. The smallest absolute Gasteiger partial charge is 0.429 e. The van der Waals surface area contributed by atoms with Gasteiger partial charge < -0.3 is 9.47 Å². The van der Waals surface area contributed by atoms with Crippen molar-refractivity contribution in [3.8, 4) is 22.6 Å². The second kappa shape index (κ2) is 13.5. The SMILES string of the molecule is CCCCCc1ccc(C(F)(F)Oc2cc(F)c(C(F)(F)Oc3cc(F)c(-c4cc(F)c(C(F)(F)F)c(F)c4)c(F)c3)c(F)c2)c(F)c1. The molecule has 4 rings (SSSR count). The first-order valence-electron chi connectivity index (χ1n) is 13.7. The molecule has 0 N–H and O–H groups in total. The van der Waals surface area contributed by atoms with Crippen LogP contribution in [0.25, 0.3) is 11.1 Å². The van der Waals surface area contributed by atoms with E-state index in [0.29, 0.717) is 24.5 Å². The Kier molecular flexibility index (Phi) is 10.3. The van der Waals surface area contributed by atoms with E-state index in [1.165, 1.54) is 6.07 Å². The predicted molar refractivity (Wildman–Crippen MR) is 142 cm³/mol. The molecular formula is C32H20F14O2. The minimum atomic E-state index is -5.51. The van der Waals surface area contributed by atoms with Gasteiger partial charge in [-0.2, -0.15) is 30.7 Å². The van der Waals surface area contributed by atoms with E-state index in [1.54, 1.807) is 0 Å². The quantitative estimate of drug-likeness (QED) is 0.114. The Hall–Kier alpha value is -4.50. The molecule has 0 aliphatic heterocycles. The van der Waals surface area contributed by atoms with E-state index in [0.717, 1.165) is 18.9 Å². The molecule has 0 saturated heterocycles. The Labute approximate surface area is 262 Å². The van der Waals surface area contributed by atoms with Gasteiger partial charge in [0.15, 0.2) is 0 Å². The number of benzene rings is 4. The largest absolute Gasteiger partial charge is 0.432 e. The fourth-order valence-electron chi connectivity index (χ4n) is 4.69. The molecule has 48 heavy (non-hydrogen) atoms. The Bertz CT molecular complexity index is 1750. The average Bonchev–Trinajstić information content (AvgIpc) is 2.90. The first-order valence-corrected chi connectivity index (χ1v) is 13.7. The van der Waals surface area contributed by atoms with Gasteiger partial charge in [0, 0.05) is 24.3 Å². The first-order chi connectivity index (χ1) is 22.2. The lowest BCUT2D eigenvalue weighted by atomic mass is 10.0. The van der Waals surface area contributed by atoms with Crippen LogP contribution in [-0.2, 0) is 24.8 Å². The summed E-state index contributed by atoms with van der Waals surface area (Å²) in [5, 5.41) is 0. The topological polar surface area (TPSA) is 18.5 Å². The highest BCUT2D eigenvalue weighted by atomic mass is 19.4. The lowest BCUT2D eigenvalue weighted by Crippen LogP contribution is -2.26. The summed E-state index contributed by atoms with van der Waals surface area (Å²) >= 11 is 0. The number of alkyl halides is 7. The van der Waals surface area contributed by atoms with Crippen LogP contribution in [0.1, 0.15) is 48.4 Å². The molecule has 0 aliphatic carbocycles. The summed E-state index contributed by atoms with van der Waals surface area (Å²) in [6.45, 7) is 1.92. The number of ether oxygens (including phenoxy) is 2. The number of hydrogen-bond donors (Lipinski definition) is 0. The maximum atomic E-state index is 14.9. The number of rotatable bonds is 11. The van der Waals surface area contributed by atoms with Crippen LogP contribution < -0.4 is 9.47 Å². The van der Waals surface area contributed by atoms with Crippen molar-refractivity contribution in [1.82, 2.24) is 0 Å². The summed E-state index contributed by atoms with van der Waals surface area (Å²) in [4.78, 5) is 0. The summed E-state index contributed by atoms with van der Waals surface area (Å²) in [6.07, 6.45) is -12.5. The van der Waals surface area contributed by atoms with Crippen molar-refractivity contribution < 1.29 is 70.9 Å². The molecule has 4 aromatic carbocycles. The van der Waals surface area contributed by atoms with Gasteiger partial charge in [-0.3, -0.25) is 0 Å². The third-order valence-electron chi connectivity index (χ3n) is 6.84. The molecule has 0 aromatic heterocycles. The second-order valence-electron chi connectivity index (χ2n) is 10.3. The van der Waals surface area contributed by atoms with Crippen molar-refractivity contribution in [2.24, 2.45) is 0 Å². The molecular weight excluding hydrogens is 682 g/mol. The zero-order chi connectivity index (χ0) is 35.8. The van der Waals surface area contributed by atoms with Crippen molar-refractivity contribution in [2.75, 3.05) is 0 Å². The van der Waals surface area contributed by atoms with Gasteiger partial charge in [0.1, 0.15) is 63.3 Å². The molecule has 0 aliphatic rings. The Morgan fingerprint density at radius 2 is 1.00 bits per heavy atom. The highest BCUT2D eigenvalue weighted by Gasteiger charge is 2.44. The number of halogens is 14. The highest BCUT2D eigenvalue weighted by molar-refractivity contribution is 5.66.